The number of fused-ring (bicyclic) bond motifs is 1. The fourth-order valence-corrected chi connectivity index (χ4v) is 2.15. The second-order valence-electron chi connectivity index (χ2n) is 4.44. The van der Waals surface area contributed by atoms with Gasteiger partial charge in [-0.2, -0.15) is 5.10 Å². The normalized spacial score (nSPS) is 10.8. The Morgan fingerprint density at radius 3 is 2.32 bits per heavy atom. The molecular formula is C15H13N3O. The van der Waals surface area contributed by atoms with Crippen molar-refractivity contribution in [3.63, 3.8) is 0 Å². The number of aromatic nitrogens is 2. The number of nitrogen functional groups attached to an aromatic ring is 1. The second-order valence-corrected chi connectivity index (χ2v) is 4.44. The highest BCUT2D eigenvalue weighted by Gasteiger charge is 2.09. The zero-order chi connectivity index (χ0) is 13.4. The van der Waals surface area contributed by atoms with Crippen LogP contribution in [-0.4, -0.2) is 9.78 Å². The van der Waals surface area contributed by atoms with Crippen LogP contribution in [-0.2, 0) is 7.05 Å². The number of hydrogen-bond acceptors (Lipinski definition) is 3. The molecule has 0 bridgehead atoms. The summed E-state index contributed by atoms with van der Waals surface area (Å²) < 4.78 is 1.37. The topological polar surface area (TPSA) is 60.9 Å². The minimum Gasteiger partial charge on any atom is -0.399 e. The lowest BCUT2D eigenvalue weighted by atomic mass is 10.0. The van der Waals surface area contributed by atoms with Crippen molar-refractivity contribution in [1.29, 1.82) is 0 Å². The van der Waals surface area contributed by atoms with Crippen LogP contribution >= 0.6 is 0 Å². The van der Waals surface area contributed by atoms with E-state index in [1.807, 2.05) is 48.5 Å². The maximum atomic E-state index is 12.0. The van der Waals surface area contributed by atoms with Crippen LogP contribution in [0.4, 0.5) is 5.69 Å². The van der Waals surface area contributed by atoms with Crippen molar-refractivity contribution in [3.8, 4) is 11.3 Å². The third-order valence-corrected chi connectivity index (χ3v) is 3.14. The lowest BCUT2D eigenvalue weighted by Gasteiger charge is -2.08. The average molecular weight is 251 g/mol. The number of aryl methyl sites for hydroxylation is 1. The Labute approximate surface area is 110 Å². The van der Waals surface area contributed by atoms with Gasteiger partial charge in [0.05, 0.1) is 11.1 Å². The molecule has 0 aliphatic carbocycles. The molecule has 0 atom stereocenters. The van der Waals surface area contributed by atoms with E-state index in [4.69, 9.17) is 5.73 Å². The predicted molar refractivity (Wildman–Crippen MR) is 76.8 cm³/mol. The summed E-state index contributed by atoms with van der Waals surface area (Å²) in [4.78, 5) is 12.0. The van der Waals surface area contributed by atoms with E-state index >= 15 is 0 Å². The predicted octanol–water partition coefficient (Wildman–Crippen LogP) is 2.18. The Morgan fingerprint density at radius 2 is 1.63 bits per heavy atom. The molecule has 3 aromatic rings. The lowest BCUT2D eigenvalue weighted by molar-refractivity contribution is 0.722. The Kier molecular flexibility index (Phi) is 2.56. The molecule has 2 aromatic carbocycles. The molecule has 0 saturated carbocycles. The van der Waals surface area contributed by atoms with E-state index in [1.165, 1.54) is 4.68 Å². The van der Waals surface area contributed by atoms with Crippen LogP contribution < -0.4 is 11.3 Å². The summed E-state index contributed by atoms with van der Waals surface area (Å²) in [6, 6.07) is 15.0. The van der Waals surface area contributed by atoms with E-state index < -0.39 is 0 Å². The summed E-state index contributed by atoms with van der Waals surface area (Å²) in [5.41, 5.74) is 8.05. The van der Waals surface area contributed by atoms with Crippen molar-refractivity contribution in [1.82, 2.24) is 9.78 Å². The first-order valence-corrected chi connectivity index (χ1v) is 5.99. The number of hydrogen-bond donors (Lipinski definition) is 1. The molecule has 4 nitrogen and oxygen atoms in total. The number of benzene rings is 2. The van der Waals surface area contributed by atoms with Gasteiger partial charge in [-0.1, -0.05) is 30.3 Å². The fourth-order valence-electron chi connectivity index (χ4n) is 2.15. The van der Waals surface area contributed by atoms with Crippen molar-refractivity contribution < 1.29 is 0 Å². The van der Waals surface area contributed by atoms with E-state index in [2.05, 4.69) is 5.10 Å². The Bertz CT molecular complexity index is 804. The Hall–Kier alpha value is -2.62. The van der Waals surface area contributed by atoms with Crippen LogP contribution in [0.5, 0.6) is 0 Å². The zero-order valence-corrected chi connectivity index (χ0v) is 10.5. The summed E-state index contributed by atoms with van der Waals surface area (Å²) in [6.45, 7) is 0. The molecule has 0 unspecified atom stereocenters. The SMILES string of the molecule is Cn1nc(-c2ccc(N)cc2)c2ccccc2c1=O. The van der Waals surface area contributed by atoms with Crippen molar-refractivity contribution >= 4 is 16.5 Å². The highest BCUT2D eigenvalue weighted by molar-refractivity contribution is 5.93. The minimum absolute atomic E-state index is 0.0882. The van der Waals surface area contributed by atoms with Crippen LogP contribution in [0.15, 0.2) is 53.3 Å². The van der Waals surface area contributed by atoms with Gasteiger partial charge in [-0.05, 0) is 18.2 Å². The highest BCUT2D eigenvalue weighted by Crippen LogP contribution is 2.24. The molecule has 19 heavy (non-hydrogen) atoms. The van der Waals surface area contributed by atoms with Crippen molar-refractivity contribution in [2.45, 2.75) is 0 Å². The molecular weight excluding hydrogens is 238 g/mol. The second kappa shape index (κ2) is 4.24. The maximum Gasteiger partial charge on any atom is 0.274 e. The van der Waals surface area contributed by atoms with E-state index in [9.17, 15) is 4.79 Å². The first kappa shape index (κ1) is 11.5. The molecule has 2 N–H and O–H groups in total. The van der Waals surface area contributed by atoms with E-state index in [0.29, 0.717) is 11.1 Å². The number of anilines is 1. The Morgan fingerprint density at radius 1 is 1.00 bits per heavy atom. The summed E-state index contributed by atoms with van der Waals surface area (Å²) >= 11 is 0. The molecule has 0 fully saturated rings. The summed E-state index contributed by atoms with van der Waals surface area (Å²) in [5.74, 6) is 0. The highest BCUT2D eigenvalue weighted by atomic mass is 16.1. The molecule has 4 heteroatoms. The lowest BCUT2D eigenvalue weighted by Crippen LogP contribution is -2.20. The smallest absolute Gasteiger partial charge is 0.274 e. The van der Waals surface area contributed by atoms with Gasteiger partial charge in [0.15, 0.2) is 0 Å². The van der Waals surface area contributed by atoms with Gasteiger partial charge >= 0.3 is 0 Å². The third-order valence-electron chi connectivity index (χ3n) is 3.14. The van der Waals surface area contributed by atoms with Gasteiger partial charge in [-0.15, -0.1) is 0 Å². The Balaban J connectivity index is 2.38. The first-order chi connectivity index (χ1) is 9.16. The van der Waals surface area contributed by atoms with Gasteiger partial charge in [0.25, 0.3) is 5.56 Å². The van der Waals surface area contributed by atoms with Gasteiger partial charge in [-0.25, -0.2) is 4.68 Å². The zero-order valence-electron chi connectivity index (χ0n) is 10.5. The van der Waals surface area contributed by atoms with Crippen LogP contribution in [0.2, 0.25) is 0 Å². The first-order valence-electron chi connectivity index (χ1n) is 5.99. The van der Waals surface area contributed by atoms with Crippen molar-refractivity contribution in [2.75, 3.05) is 5.73 Å². The third kappa shape index (κ3) is 1.87. The van der Waals surface area contributed by atoms with Crippen LogP contribution in [0, 0.1) is 0 Å². The van der Waals surface area contributed by atoms with Crippen molar-refractivity contribution in [2.24, 2.45) is 7.05 Å². The van der Waals surface area contributed by atoms with E-state index in [0.717, 1.165) is 16.6 Å². The molecule has 0 saturated heterocycles. The molecule has 1 heterocycles. The van der Waals surface area contributed by atoms with Crippen molar-refractivity contribution in [3.05, 3.63) is 58.9 Å². The monoisotopic (exact) mass is 251 g/mol. The quantitative estimate of drug-likeness (QED) is 0.674. The molecule has 1 aromatic heterocycles. The van der Waals surface area contributed by atoms with E-state index in [-0.39, 0.29) is 5.56 Å². The van der Waals surface area contributed by atoms with Gasteiger partial charge in [0.1, 0.15) is 0 Å². The van der Waals surface area contributed by atoms with E-state index in [1.54, 1.807) is 7.05 Å². The van der Waals surface area contributed by atoms with Gasteiger partial charge in [-0.3, -0.25) is 4.79 Å². The number of nitrogens with two attached hydrogens (primary N) is 1. The molecule has 3 rings (SSSR count). The number of nitrogens with zero attached hydrogens (tertiary/aromatic N) is 2. The molecule has 94 valence electrons. The minimum atomic E-state index is -0.0882. The fraction of sp³-hybridized carbons (Fsp3) is 0.0667. The summed E-state index contributed by atoms with van der Waals surface area (Å²) in [6.07, 6.45) is 0. The molecule has 0 radical (unpaired) electrons. The standard InChI is InChI=1S/C15H13N3O/c1-18-15(19)13-5-3-2-4-12(13)14(17-18)10-6-8-11(16)9-7-10/h2-9H,16H2,1H3. The number of rotatable bonds is 1. The largest absolute Gasteiger partial charge is 0.399 e. The van der Waals surface area contributed by atoms with Gasteiger partial charge in [0, 0.05) is 23.7 Å². The summed E-state index contributed by atoms with van der Waals surface area (Å²) in [7, 11) is 1.66. The molecule has 0 aliphatic rings. The summed E-state index contributed by atoms with van der Waals surface area (Å²) in [5, 5.41) is 5.89. The average Bonchev–Trinajstić information content (AvgIpc) is 2.44. The van der Waals surface area contributed by atoms with Gasteiger partial charge < -0.3 is 5.73 Å². The molecule has 0 spiro atoms. The molecule has 0 amide bonds. The van der Waals surface area contributed by atoms with Gasteiger partial charge in [0.2, 0.25) is 0 Å². The molecule has 0 aliphatic heterocycles. The van der Waals surface area contributed by atoms with Crippen LogP contribution in [0.25, 0.3) is 22.0 Å². The van der Waals surface area contributed by atoms with Crippen LogP contribution in [0.3, 0.4) is 0 Å². The maximum absolute atomic E-state index is 12.0. The van der Waals surface area contributed by atoms with Crippen LogP contribution in [0.1, 0.15) is 0 Å².